The van der Waals surface area contributed by atoms with Gasteiger partial charge < -0.3 is 19.9 Å². The number of nitrogens with one attached hydrogen (secondary N) is 1. The predicted molar refractivity (Wildman–Crippen MR) is 102 cm³/mol. The second kappa shape index (κ2) is 7.15. The van der Waals surface area contributed by atoms with Crippen LogP contribution in [0.5, 0.6) is 5.75 Å². The van der Waals surface area contributed by atoms with E-state index in [0.29, 0.717) is 19.3 Å². The maximum absolute atomic E-state index is 11.7. The molecule has 6 heteroatoms. The van der Waals surface area contributed by atoms with Crippen molar-refractivity contribution in [2.45, 2.75) is 84.5 Å². The van der Waals surface area contributed by atoms with Crippen LogP contribution >= 0.6 is 0 Å². The van der Waals surface area contributed by atoms with E-state index in [-0.39, 0.29) is 30.0 Å². The highest BCUT2D eigenvalue weighted by molar-refractivity contribution is 5.91. The van der Waals surface area contributed by atoms with Crippen molar-refractivity contribution in [3.05, 3.63) is 22.3 Å². The molecule has 2 atom stereocenters. The van der Waals surface area contributed by atoms with Gasteiger partial charge in [0.05, 0.1) is 12.5 Å². The van der Waals surface area contributed by atoms with E-state index in [1.54, 1.807) is 0 Å². The number of aliphatic hydroxyl groups is 1. The number of benzene rings is 1. The number of fused-ring (bicyclic) bond motifs is 1. The number of hydrogen-bond acceptors (Lipinski definition) is 5. The molecular formula is C21H29NO5. The molecule has 2 N–H and O–H groups in total. The van der Waals surface area contributed by atoms with Gasteiger partial charge in [0.25, 0.3) is 0 Å². The topological polar surface area (TPSA) is 84.9 Å². The fourth-order valence-corrected chi connectivity index (χ4v) is 4.19. The summed E-state index contributed by atoms with van der Waals surface area (Å²) in [5, 5.41) is 12.8. The number of carbonyl (C=O) groups excluding carboxylic acids is 2. The average molecular weight is 375 g/mol. The van der Waals surface area contributed by atoms with Gasteiger partial charge in [-0.2, -0.15) is 0 Å². The molecule has 0 radical (unpaired) electrons. The number of rotatable bonds is 4. The highest BCUT2D eigenvalue weighted by Crippen LogP contribution is 2.45. The van der Waals surface area contributed by atoms with Crippen LogP contribution in [0, 0.1) is 13.8 Å². The van der Waals surface area contributed by atoms with Crippen LogP contribution in [0.4, 0.5) is 5.69 Å². The van der Waals surface area contributed by atoms with Crippen LogP contribution in [-0.4, -0.2) is 34.8 Å². The highest BCUT2D eigenvalue weighted by Gasteiger charge is 2.36. The second-order valence-corrected chi connectivity index (χ2v) is 8.38. The zero-order chi connectivity index (χ0) is 19.9. The van der Waals surface area contributed by atoms with E-state index in [2.05, 4.69) is 19.2 Å². The van der Waals surface area contributed by atoms with Crippen molar-refractivity contribution >= 4 is 17.6 Å². The molecule has 27 heavy (non-hydrogen) atoms. The summed E-state index contributed by atoms with van der Waals surface area (Å²) in [6.45, 7) is 9.64. The Kier molecular flexibility index (Phi) is 5.21. The lowest BCUT2D eigenvalue weighted by atomic mass is 9.89. The Morgan fingerprint density at radius 1 is 1.30 bits per heavy atom. The van der Waals surface area contributed by atoms with Gasteiger partial charge in [0.1, 0.15) is 17.5 Å². The molecule has 0 aromatic heterocycles. The number of aliphatic hydroxyl groups excluding tert-OH is 1. The van der Waals surface area contributed by atoms with Gasteiger partial charge in [-0.1, -0.05) is 0 Å². The largest absolute Gasteiger partial charge is 0.487 e. The van der Waals surface area contributed by atoms with E-state index in [0.717, 1.165) is 40.1 Å². The lowest BCUT2D eigenvalue weighted by molar-refractivity contribution is -0.160. The van der Waals surface area contributed by atoms with Crippen molar-refractivity contribution in [3.63, 3.8) is 0 Å². The number of hydrogen-bond donors (Lipinski definition) is 2. The summed E-state index contributed by atoms with van der Waals surface area (Å²) in [6.07, 6.45) is 1.65. The molecule has 3 rings (SSSR count). The average Bonchev–Trinajstić information content (AvgIpc) is 2.86. The normalized spacial score (nSPS) is 23.4. The third-order valence-corrected chi connectivity index (χ3v) is 5.44. The second-order valence-electron chi connectivity index (χ2n) is 8.38. The molecular weight excluding hydrogens is 346 g/mol. The molecule has 1 aromatic carbocycles. The summed E-state index contributed by atoms with van der Waals surface area (Å²) in [4.78, 5) is 23.3. The molecule has 0 unspecified atom stereocenters. The third kappa shape index (κ3) is 4.10. The zero-order valence-electron chi connectivity index (χ0n) is 16.8. The Labute approximate surface area is 160 Å². The van der Waals surface area contributed by atoms with Crippen molar-refractivity contribution < 1.29 is 24.2 Å². The lowest BCUT2D eigenvalue weighted by Gasteiger charge is -2.27. The zero-order valence-corrected chi connectivity index (χ0v) is 16.8. The monoisotopic (exact) mass is 375 g/mol. The molecule has 1 amide bonds. The summed E-state index contributed by atoms with van der Waals surface area (Å²) < 4.78 is 11.6. The molecule has 0 spiro atoms. The first kappa shape index (κ1) is 19.7. The minimum atomic E-state index is -0.633. The molecule has 0 saturated carbocycles. The summed E-state index contributed by atoms with van der Waals surface area (Å²) in [6, 6.07) is 0. The maximum atomic E-state index is 11.7. The molecule has 2 aliphatic heterocycles. The van der Waals surface area contributed by atoms with Gasteiger partial charge in [0.15, 0.2) is 0 Å². The first-order valence-electron chi connectivity index (χ1n) is 9.56. The van der Waals surface area contributed by atoms with E-state index in [1.165, 1.54) is 6.92 Å². The van der Waals surface area contributed by atoms with Gasteiger partial charge in [-0.15, -0.1) is 0 Å². The highest BCUT2D eigenvalue weighted by atomic mass is 16.5. The van der Waals surface area contributed by atoms with Crippen molar-refractivity contribution in [2.24, 2.45) is 0 Å². The lowest BCUT2D eigenvalue weighted by Crippen LogP contribution is -2.32. The van der Waals surface area contributed by atoms with Crippen molar-refractivity contribution in [2.75, 3.05) is 5.32 Å². The summed E-state index contributed by atoms with van der Waals surface area (Å²) >= 11 is 0. The van der Waals surface area contributed by atoms with Gasteiger partial charge in [-0.25, -0.2) is 0 Å². The van der Waals surface area contributed by atoms with Crippen LogP contribution in [0.1, 0.15) is 62.3 Å². The summed E-state index contributed by atoms with van der Waals surface area (Å²) in [5.41, 5.74) is 4.76. The Balaban J connectivity index is 1.93. The summed E-state index contributed by atoms with van der Waals surface area (Å²) in [7, 11) is 0. The van der Waals surface area contributed by atoms with Crippen LogP contribution in [0.3, 0.4) is 0 Å². The van der Waals surface area contributed by atoms with Crippen LogP contribution < -0.4 is 10.1 Å². The smallest absolute Gasteiger partial charge is 0.308 e. The van der Waals surface area contributed by atoms with Gasteiger partial charge >= 0.3 is 5.97 Å². The third-order valence-electron chi connectivity index (χ3n) is 5.44. The Morgan fingerprint density at radius 3 is 2.63 bits per heavy atom. The van der Waals surface area contributed by atoms with E-state index in [1.807, 2.05) is 13.8 Å². The van der Waals surface area contributed by atoms with E-state index in [4.69, 9.17) is 9.47 Å². The standard InChI is InChI=1S/C21H29NO5/c1-11-16(7-6-15-8-14(24)9-18(25)26-15)20-17(10-21(4,5)27-20)12(2)19(11)22-13(3)23/h14-15,24H,6-10H2,1-5H3,(H,22,23)/t14-,15-/m1/s1. The minimum absolute atomic E-state index is 0.0689. The number of ether oxygens (including phenoxy) is 2. The van der Waals surface area contributed by atoms with E-state index >= 15 is 0 Å². The van der Waals surface area contributed by atoms with E-state index in [9.17, 15) is 14.7 Å². The van der Waals surface area contributed by atoms with Gasteiger partial charge in [-0.05, 0) is 57.2 Å². The number of esters is 1. The quantitative estimate of drug-likeness (QED) is 0.791. The number of cyclic esters (lactones) is 1. The molecule has 1 saturated heterocycles. The van der Waals surface area contributed by atoms with Crippen LogP contribution in [0.15, 0.2) is 0 Å². The molecule has 0 bridgehead atoms. The molecule has 1 aromatic rings. The fraction of sp³-hybridized carbons (Fsp3) is 0.619. The molecule has 148 valence electrons. The Morgan fingerprint density at radius 2 is 2.00 bits per heavy atom. The molecule has 2 heterocycles. The molecule has 0 aliphatic carbocycles. The number of carbonyl (C=O) groups is 2. The SMILES string of the molecule is CC(=O)Nc1c(C)c(CC[C@@H]2C[C@@H](O)CC(=O)O2)c2c(c1C)CC(C)(C)O2. The van der Waals surface area contributed by atoms with Crippen LogP contribution in [-0.2, 0) is 27.2 Å². The van der Waals surface area contributed by atoms with Crippen molar-refractivity contribution in [1.82, 2.24) is 0 Å². The first-order valence-corrected chi connectivity index (χ1v) is 9.56. The van der Waals surface area contributed by atoms with Gasteiger partial charge in [-0.3, -0.25) is 9.59 Å². The van der Waals surface area contributed by atoms with Crippen LogP contribution in [0.2, 0.25) is 0 Å². The van der Waals surface area contributed by atoms with Crippen molar-refractivity contribution in [1.29, 1.82) is 0 Å². The minimum Gasteiger partial charge on any atom is -0.487 e. The molecule has 2 aliphatic rings. The molecule has 1 fully saturated rings. The van der Waals surface area contributed by atoms with Crippen molar-refractivity contribution in [3.8, 4) is 5.75 Å². The van der Waals surface area contributed by atoms with Gasteiger partial charge in [0, 0.05) is 31.0 Å². The van der Waals surface area contributed by atoms with Crippen LogP contribution in [0.25, 0.3) is 0 Å². The van der Waals surface area contributed by atoms with Gasteiger partial charge in [0.2, 0.25) is 5.91 Å². The molecule has 6 nitrogen and oxygen atoms in total. The number of amides is 1. The Bertz CT molecular complexity index is 784. The first-order chi connectivity index (χ1) is 12.6. The van der Waals surface area contributed by atoms with E-state index < -0.39 is 6.10 Å². The summed E-state index contributed by atoms with van der Waals surface area (Å²) in [5.74, 6) is 0.447. The predicted octanol–water partition coefficient (Wildman–Crippen LogP) is 2.97. The fourth-order valence-electron chi connectivity index (χ4n) is 4.19. The Hall–Kier alpha value is -2.08. The maximum Gasteiger partial charge on any atom is 0.308 e. The number of anilines is 1.